The van der Waals surface area contributed by atoms with Gasteiger partial charge >= 0.3 is 5.97 Å². The van der Waals surface area contributed by atoms with Crippen LogP contribution in [0.5, 0.6) is 5.75 Å². The number of fused-ring (bicyclic) bond motifs is 3. The van der Waals surface area contributed by atoms with E-state index in [-0.39, 0.29) is 16.4 Å². The van der Waals surface area contributed by atoms with Gasteiger partial charge in [0.25, 0.3) is 0 Å². The smallest absolute Gasteiger partial charge is 0.338 e. The van der Waals surface area contributed by atoms with Crippen molar-refractivity contribution < 1.29 is 9.53 Å². The normalized spacial score (nSPS) is 11.8. The van der Waals surface area contributed by atoms with Crippen LogP contribution in [-0.4, -0.2) is 9.20 Å². The van der Waals surface area contributed by atoms with E-state index in [2.05, 4.69) is 80.4 Å². The SMILES string of the molecule is CC(Br)(Br)C(=O)Oc1ccc(-[s+]2c3ccccc3c3ccccc32)cc1. The van der Waals surface area contributed by atoms with Gasteiger partial charge in [0.1, 0.15) is 5.75 Å². The second kappa shape index (κ2) is 6.80. The van der Waals surface area contributed by atoms with Gasteiger partial charge < -0.3 is 4.74 Å². The molecule has 0 N–H and O–H groups in total. The van der Waals surface area contributed by atoms with Crippen LogP contribution < -0.4 is 4.74 Å². The fraction of sp³-hybridized carbons (Fsp3) is 0.0952. The average Bonchev–Trinajstić information content (AvgIpc) is 2.96. The summed E-state index contributed by atoms with van der Waals surface area (Å²) in [4.78, 5) is 13.2. The van der Waals surface area contributed by atoms with Crippen molar-refractivity contribution in [3.05, 3.63) is 72.8 Å². The van der Waals surface area contributed by atoms with Crippen molar-refractivity contribution in [2.75, 3.05) is 0 Å². The fourth-order valence-corrected chi connectivity index (χ4v) is 5.49. The molecule has 1 heterocycles. The number of hydrogen-bond acceptors (Lipinski definition) is 2. The van der Waals surface area contributed by atoms with Gasteiger partial charge in [-0.3, -0.25) is 0 Å². The molecule has 0 fully saturated rings. The van der Waals surface area contributed by atoms with Crippen LogP contribution in [0.15, 0.2) is 72.8 Å². The van der Waals surface area contributed by atoms with E-state index in [1.165, 1.54) is 25.1 Å². The molecule has 0 atom stereocenters. The van der Waals surface area contributed by atoms with Gasteiger partial charge in [0.05, 0.1) is 0 Å². The summed E-state index contributed by atoms with van der Waals surface area (Å²) in [5, 5.41) is 2.60. The lowest BCUT2D eigenvalue weighted by Gasteiger charge is -2.12. The molecular weight excluding hydrogens is 476 g/mol. The van der Waals surface area contributed by atoms with Crippen LogP contribution in [0.1, 0.15) is 6.92 Å². The summed E-state index contributed by atoms with van der Waals surface area (Å²) in [6.07, 6.45) is 0. The minimum atomic E-state index is -0.885. The number of esters is 1. The van der Waals surface area contributed by atoms with Crippen molar-refractivity contribution in [1.29, 1.82) is 0 Å². The molecule has 1 aromatic heterocycles. The van der Waals surface area contributed by atoms with Crippen molar-refractivity contribution in [2.45, 2.75) is 10.2 Å². The lowest BCUT2D eigenvalue weighted by atomic mass is 10.2. The number of ether oxygens (including phenoxy) is 1. The van der Waals surface area contributed by atoms with E-state index >= 15 is 0 Å². The Morgan fingerprint density at radius 3 is 1.85 bits per heavy atom. The largest absolute Gasteiger partial charge is 0.425 e. The number of rotatable bonds is 3. The van der Waals surface area contributed by atoms with Crippen LogP contribution in [0, 0.1) is 0 Å². The highest BCUT2D eigenvalue weighted by Crippen LogP contribution is 2.48. The topological polar surface area (TPSA) is 26.3 Å². The van der Waals surface area contributed by atoms with E-state index in [0.717, 1.165) is 0 Å². The van der Waals surface area contributed by atoms with Crippen molar-refractivity contribution in [3.8, 4) is 10.6 Å². The predicted octanol–water partition coefficient (Wildman–Crippen LogP) is 7.14. The second-order valence-corrected chi connectivity index (χ2v) is 12.2. The molecule has 0 saturated heterocycles. The Balaban J connectivity index is 1.79. The number of thiophene rings is 1. The van der Waals surface area contributed by atoms with Crippen LogP contribution in [0.2, 0.25) is 0 Å². The van der Waals surface area contributed by atoms with Gasteiger partial charge in [-0.25, -0.2) is 4.79 Å². The van der Waals surface area contributed by atoms with Crippen LogP contribution in [-0.2, 0) is 4.79 Å². The Kier molecular flexibility index (Phi) is 4.63. The maximum absolute atomic E-state index is 12.0. The highest BCUT2D eigenvalue weighted by Gasteiger charge is 2.29. The van der Waals surface area contributed by atoms with Gasteiger partial charge in [0.2, 0.25) is 0 Å². The summed E-state index contributed by atoms with van der Waals surface area (Å²) in [6, 6.07) is 24.9. The van der Waals surface area contributed by atoms with Crippen LogP contribution >= 0.6 is 42.3 Å². The molecule has 130 valence electrons. The minimum absolute atomic E-state index is 0.138. The maximum atomic E-state index is 12.0. The molecule has 0 bridgehead atoms. The Labute approximate surface area is 171 Å². The van der Waals surface area contributed by atoms with Gasteiger partial charge in [0, 0.05) is 33.4 Å². The molecule has 0 saturated carbocycles. The zero-order chi connectivity index (χ0) is 18.3. The first-order valence-corrected chi connectivity index (χ1v) is 10.9. The number of carbonyl (C=O) groups excluding carboxylic acids is 1. The summed E-state index contributed by atoms with van der Waals surface area (Å²) in [6.45, 7) is 1.69. The highest BCUT2D eigenvalue weighted by atomic mass is 79.9. The average molecular weight is 491 g/mol. The number of carbonyl (C=O) groups is 1. The molecule has 0 radical (unpaired) electrons. The molecule has 3 aromatic carbocycles. The zero-order valence-electron chi connectivity index (χ0n) is 13.9. The third kappa shape index (κ3) is 3.20. The van der Waals surface area contributed by atoms with Crippen LogP contribution in [0.3, 0.4) is 0 Å². The van der Waals surface area contributed by atoms with E-state index in [1.54, 1.807) is 6.92 Å². The lowest BCUT2D eigenvalue weighted by molar-refractivity contribution is -0.133. The van der Waals surface area contributed by atoms with Crippen LogP contribution in [0.4, 0.5) is 0 Å². The van der Waals surface area contributed by atoms with Crippen LogP contribution in [0.25, 0.3) is 25.1 Å². The highest BCUT2D eigenvalue weighted by molar-refractivity contribution is 9.25. The standard InChI is InChI=1S/C21H15Br2O2S/c1-21(22,23)20(24)25-14-10-12-15(13-11-14)26-18-8-4-2-6-16(18)17-7-3-5-9-19(17)26/h2-13H,1H3/q+1. The van der Waals surface area contributed by atoms with E-state index in [9.17, 15) is 4.79 Å². The summed E-state index contributed by atoms with van der Waals surface area (Å²) >= 11 is 6.50. The number of halogens is 2. The molecule has 2 nitrogen and oxygen atoms in total. The third-order valence-corrected chi connectivity index (χ3v) is 7.12. The number of hydrogen-bond donors (Lipinski definition) is 0. The monoisotopic (exact) mass is 489 g/mol. The van der Waals surface area contributed by atoms with Gasteiger partial charge in [-0.05, 0) is 43.3 Å². The molecule has 0 aliphatic carbocycles. The molecule has 0 unspecified atom stereocenters. The second-order valence-electron chi connectivity index (χ2n) is 6.05. The lowest BCUT2D eigenvalue weighted by Crippen LogP contribution is -2.25. The molecule has 26 heavy (non-hydrogen) atoms. The van der Waals surface area contributed by atoms with Gasteiger partial charge in [-0.15, -0.1) is 0 Å². The van der Waals surface area contributed by atoms with E-state index in [1.807, 2.05) is 24.3 Å². The molecule has 0 aliphatic rings. The first kappa shape index (κ1) is 17.7. The fourth-order valence-electron chi connectivity index (χ4n) is 2.95. The molecule has 0 amide bonds. The Bertz CT molecular complexity index is 1060. The van der Waals surface area contributed by atoms with Crippen molar-refractivity contribution in [2.24, 2.45) is 0 Å². The summed E-state index contributed by atoms with van der Waals surface area (Å²) in [5.74, 6) is 0.150. The predicted molar refractivity (Wildman–Crippen MR) is 117 cm³/mol. The van der Waals surface area contributed by atoms with Crippen molar-refractivity contribution in [3.63, 3.8) is 0 Å². The molecule has 5 heteroatoms. The molecule has 0 spiro atoms. The van der Waals surface area contributed by atoms with E-state index < -0.39 is 3.23 Å². The molecular formula is C21H15Br2O2S+. The minimum Gasteiger partial charge on any atom is -0.425 e. The third-order valence-electron chi connectivity index (χ3n) is 4.13. The van der Waals surface area contributed by atoms with Crippen molar-refractivity contribution in [1.82, 2.24) is 0 Å². The summed E-state index contributed by atoms with van der Waals surface area (Å²) < 4.78 is 7.20. The maximum Gasteiger partial charge on any atom is 0.338 e. The van der Waals surface area contributed by atoms with Gasteiger partial charge in [0.15, 0.2) is 17.5 Å². The van der Waals surface area contributed by atoms with Gasteiger partial charge in [-0.2, -0.15) is 0 Å². The molecule has 4 aromatic rings. The molecule has 0 aliphatic heterocycles. The van der Waals surface area contributed by atoms with Crippen molar-refractivity contribution >= 4 is 68.5 Å². The van der Waals surface area contributed by atoms with E-state index in [4.69, 9.17) is 4.74 Å². The number of benzene rings is 3. The Hall–Kier alpha value is -1.69. The number of alkyl halides is 2. The van der Waals surface area contributed by atoms with Gasteiger partial charge in [-0.1, -0.05) is 56.1 Å². The zero-order valence-corrected chi connectivity index (χ0v) is 17.9. The first-order chi connectivity index (χ1) is 12.4. The summed E-state index contributed by atoms with van der Waals surface area (Å²) in [5.41, 5.74) is 0. The first-order valence-electron chi connectivity index (χ1n) is 8.08. The van der Waals surface area contributed by atoms with E-state index in [0.29, 0.717) is 5.75 Å². The quantitative estimate of drug-likeness (QED) is 0.132. The summed E-state index contributed by atoms with van der Waals surface area (Å²) in [7, 11) is -0.138. The Morgan fingerprint density at radius 1 is 0.846 bits per heavy atom. The molecule has 4 rings (SSSR count). The Morgan fingerprint density at radius 2 is 1.35 bits per heavy atom.